The summed E-state index contributed by atoms with van der Waals surface area (Å²) in [5, 5.41) is 0.649. The van der Waals surface area contributed by atoms with Crippen LogP contribution in [0.4, 0.5) is 0 Å². The quantitative estimate of drug-likeness (QED) is 0.781. The molecule has 1 amide bonds. The number of piperidine rings is 1. The molecule has 25 heavy (non-hydrogen) atoms. The Morgan fingerprint density at radius 2 is 1.76 bits per heavy atom. The molecule has 2 aromatic rings. The van der Waals surface area contributed by atoms with Crippen molar-refractivity contribution < 1.29 is 14.3 Å². The second-order valence-electron chi connectivity index (χ2n) is 6.21. The lowest BCUT2D eigenvalue weighted by molar-refractivity contribution is -0.135. The summed E-state index contributed by atoms with van der Waals surface area (Å²) < 4.78 is 11.4. The molecule has 4 nitrogen and oxygen atoms in total. The van der Waals surface area contributed by atoms with Gasteiger partial charge in [0.15, 0.2) is 6.61 Å². The van der Waals surface area contributed by atoms with Crippen molar-refractivity contribution in [3.8, 4) is 11.5 Å². The van der Waals surface area contributed by atoms with Crippen LogP contribution in [0, 0.1) is 5.92 Å². The summed E-state index contributed by atoms with van der Waals surface area (Å²) in [6.45, 7) is 2.18. The third kappa shape index (κ3) is 5.40. The van der Waals surface area contributed by atoms with Crippen LogP contribution < -0.4 is 9.47 Å². The molecular weight excluding hydrogens is 338 g/mol. The lowest BCUT2D eigenvalue weighted by Crippen LogP contribution is -2.43. The summed E-state index contributed by atoms with van der Waals surface area (Å²) in [5.41, 5.74) is 0. The molecule has 0 aromatic heterocycles. The highest BCUT2D eigenvalue weighted by molar-refractivity contribution is 6.30. The lowest BCUT2D eigenvalue weighted by atomic mass is 9.99. The predicted octanol–water partition coefficient (Wildman–Crippen LogP) is 4.04. The molecule has 1 heterocycles. The van der Waals surface area contributed by atoms with Crippen molar-refractivity contribution in [2.75, 3.05) is 26.3 Å². The van der Waals surface area contributed by atoms with Gasteiger partial charge in [0.25, 0.3) is 5.91 Å². The third-order valence-electron chi connectivity index (χ3n) is 4.28. The van der Waals surface area contributed by atoms with Crippen molar-refractivity contribution in [3.63, 3.8) is 0 Å². The van der Waals surface area contributed by atoms with Crippen LogP contribution in [-0.4, -0.2) is 37.1 Å². The number of amides is 1. The third-order valence-corrected chi connectivity index (χ3v) is 4.53. The molecule has 0 N–H and O–H groups in total. The smallest absolute Gasteiger partial charge is 0.260 e. The lowest BCUT2D eigenvalue weighted by Gasteiger charge is -2.32. The fraction of sp³-hybridized carbons (Fsp3) is 0.350. The standard InChI is InChI=1S/C20H22ClNO3/c21-17-8-10-19(11-9-17)25-15-20(23)22-12-4-5-16(13-22)14-24-18-6-2-1-3-7-18/h1-3,6-11,16H,4-5,12-15H2. The number of rotatable bonds is 6. The van der Waals surface area contributed by atoms with Gasteiger partial charge >= 0.3 is 0 Å². The van der Waals surface area contributed by atoms with E-state index < -0.39 is 0 Å². The summed E-state index contributed by atoms with van der Waals surface area (Å²) in [7, 11) is 0. The van der Waals surface area contributed by atoms with Gasteiger partial charge < -0.3 is 14.4 Å². The summed E-state index contributed by atoms with van der Waals surface area (Å²) >= 11 is 5.84. The number of carbonyl (C=O) groups is 1. The minimum Gasteiger partial charge on any atom is -0.493 e. The van der Waals surface area contributed by atoms with E-state index in [1.54, 1.807) is 24.3 Å². The van der Waals surface area contributed by atoms with Gasteiger partial charge in [-0.15, -0.1) is 0 Å². The molecule has 1 saturated heterocycles. The molecule has 1 fully saturated rings. The summed E-state index contributed by atoms with van der Waals surface area (Å²) in [6, 6.07) is 16.8. The molecule has 5 heteroatoms. The van der Waals surface area contributed by atoms with E-state index in [0.29, 0.717) is 23.3 Å². The zero-order valence-electron chi connectivity index (χ0n) is 14.1. The van der Waals surface area contributed by atoms with Crippen molar-refractivity contribution in [2.45, 2.75) is 12.8 Å². The largest absolute Gasteiger partial charge is 0.493 e. The van der Waals surface area contributed by atoms with Gasteiger partial charge in [0, 0.05) is 24.0 Å². The maximum absolute atomic E-state index is 12.4. The first-order valence-electron chi connectivity index (χ1n) is 8.55. The highest BCUT2D eigenvalue weighted by Crippen LogP contribution is 2.20. The van der Waals surface area contributed by atoms with Gasteiger partial charge in [-0.05, 0) is 49.2 Å². The monoisotopic (exact) mass is 359 g/mol. The number of benzene rings is 2. The Morgan fingerprint density at radius 3 is 2.52 bits per heavy atom. The number of hydrogen-bond donors (Lipinski definition) is 0. The Morgan fingerprint density at radius 1 is 1.04 bits per heavy atom. The molecule has 0 saturated carbocycles. The number of hydrogen-bond acceptors (Lipinski definition) is 3. The Balaban J connectivity index is 1.45. The average Bonchev–Trinajstić information content (AvgIpc) is 2.67. The Hall–Kier alpha value is -2.20. The van der Waals surface area contributed by atoms with E-state index in [0.717, 1.165) is 31.7 Å². The molecular formula is C20H22ClNO3. The van der Waals surface area contributed by atoms with Crippen molar-refractivity contribution in [2.24, 2.45) is 5.92 Å². The fourth-order valence-electron chi connectivity index (χ4n) is 2.93. The average molecular weight is 360 g/mol. The highest BCUT2D eigenvalue weighted by atomic mass is 35.5. The van der Waals surface area contributed by atoms with Gasteiger partial charge in [0.05, 0.1) is 6.61 Å². The second kappa shape index (κ2) is 8.77. The molecule has 0 radical (unpaired) electrons. The Labute approximate surface area is 153 Å². The first-order chi connectivity index (χ1) is 12.2. The summed E-state index contributed by atoms with van der Waals surface area (Å²) in [5.74, 6) is 1.89. The Bertz CT molecular complexity index is 675. The van der Waals surface area contributed by atoms with Crippen LogP contribution in [0.2, 0.25) is 5.02 Å². The van der Waals surface area contributed by atoms with E-state index in [2.05, 4.69) is 0 Å². The van der Waals surface area contributed by atoms with E-state index in [9.17, 15) is 4.79 Å². The van der Waals surface area contributed by atoms with Crippen LogP contribution in [0.3, 0.4) is 0 Å². The maximum Gasteiger partial charge on any atom is 0.260 e. The molecule has 1 aliphatic heterocycles. The van der Waals surface area contributed by atoms with E-state index in [4.69, 9.17) is 21.1 Å². The molecule has 0 aliphatic carbocycles. The normalized spacial score (nSPS) is 17.2. The van der Waals surface area contributed by atoms with Crippen LogP contribution in [0.5, 0.6) is 11.5 Å². The molecule has 0 spiro atoms. The van der Waals surface area contributed by atoms with Crippen molar-refractivity contribution in [1.82, 2.24) is 4.90 Å². The minimum absolute atomic E-state index is 0.0133. The van der Waals surface area contributed by atoms with E-state index in [-0.39, 0.29) is 12.5 Å². The molecule has 132 valence electrons. The number of para-hydroxylation sites is 1. The summed E-state index contributed by atoms with van der Waals surface area (Å²) in [4.78, 5) is 14.3. The van der Waals surface area contributed by atoms with Crippen LogP contribution in [-0.2, 0) is 4.79 Å². The van der Waals surface area contributed by atoms with Crippen molar-refractivity contribution in [1.29, 1.82) is 0 Å². The molecule has 1 unspecified atom stereocenters. The first-order valence-corrected chi connectivity index (χ1v) is 8.92. The minimum atomic E-state index is 0.0133. The van der Waals surface area contributed by atoms with Crippen LogP contribution in [0.15, 0.2) is 54.6 Å². The fourth-order valence-corrected chi connectivity index (χ4v) is 3.05. The number of likely N-dealkylation sites (tertiary alicyclic amines) is 1. The molecule has 1 atom stereocenters. The van der Waals surface area contributed by atoms with E-state index >= 15 is 0 Å². The number of nitrogens with zero attached hydrogens (tertiary/aromatic N) is 1. The maximum atomic E-state index is 12.4. The summed E-state index contributed by atoms with van der Waals surface area (Å²) in [6.07, 6.45) is 2.07. The van der Waals surface area contributed by atoms with Gasteiger partial charge in [0.2, 0.25) is 0 Å². The molecule has 3 rings (SSSR count). The molecule has 2 aromatic carbocycles. The van der Waals surface area contributed by atoms with Crippen LogP contribution >= 0.6 is 11.6 Å². The van der Waals surface area contributed by atoms with Gasteiger partial charge in [-0.2, -0.15) is 0 Å². The number of carbonyl (C=O) groups excluding carboxylic acids is 1. The number of ether oxygens (including phenoxy) is 2. The van der Waals surface area contributed by atoms with Crippen molar-refractivity contribution >= 4 is 17.5 Å². The van der Waals surface area contributed by atoms with Crippen molar-refractivity contribution in [3.05, 3.63) is 59.6 Å². The molecule has 1 aliphatic rings. The zero-order valence-corrected chi connectivity index (χ0v) is 14.8. The van der Waals surface area contributed by atoms with Gasteiger partial charge in [0.1, 0.15) is 11.5 Å². The van der Waals surface area contributed by atoms with Crippen LogP contribution in [0.25, 0.3) is 0 Å². The van der Waals surface area contributed by atoms with Gasteiger partial charge in [-0.3, -0.25) is 4.79 Å². The van der Waals surface area contributed by atoms with Gasteiger partial charge in [-0.25, -0.2) is 0 Å². The van der Waals surface area contributed by atoms with E-state index in [1.807, 2.05) is 35.2 Å². The SMILES string of the molecule is O=C(COc1ccc(Cl)cc1)N1CCCC(COc2ccccc2)C1. The van der Waals surface area contributed by atoms with Gasteiger partial charge in [-0.1, -0.05) is 29.8 Å². The van der Waals surface area contributed by atoms with E-state index in [1.165, 1.54) is 0 Å². The second-order valence-corrected chi connectivity index (χ2v) is 6.65. The molecule has 0 bridgehead atoms. The Kier molecular flexibility index (Phi) is 6.18. The first kappa shape index (κ1) is 17.6. The topological polar surface area (TPSA) is 38.8 Å². The van der Waals surface area contributed by atoms with Crippen LogP contribution in [0.1, 0.15) is 12.8 Å². The number of halogens is 1. The predicted molar refractivity (Wildman–Crippen MR) is 98.2 cm³/mol. The highest BCUT2D eigenvalue weighted by Gasteiger charge is 2.24. The zero-order chi connectivity index (χ0) is 17.5.